The van der Waals surface area contributed by atoms with E-state index in [4.69, 9.17) is 18.8 Å². The summed E-state index contributed by atoms with van der Waals surface area (Å²) in [4.78, 5) is 9.92. The summed E-state index contributed by atoms with van der Waals surface area (Å²) >= 11 is -1.86. The molecule has 4 heterocycles. The van der Waals surface area contributed by atoms with Gasteiger partial charge in [-0.05, 0) is 41.1 Å². The summed E-state index contributed by atoms with van der Waals surface area (Å²) < 4.78 is 16.7. The van der Waals surface area contributed by atoms with Gasteiger partial charge in [-0.25, -0.2) is 0 Å². The van der Waals surface area contributed by atoms with Crippen molar-refractivity contribution in [1.29, 1.82) is 0 Å². The predicted molar refractivity (Wildman–Crippen MR) is 247 cm³/mol. The number of benzene rings is 7. The minimum Gasteiger partial charge on any atom is -0.501 e. The molecule has 0 atom stereocenters. The van der Waals surface area contributed by atoms with Gasteiger partial charge in [0.1, 0.15) is 11.2 Å². The van der Waals surface area contributed by atoms with Crippen LogP contribution in [-0.2, 0) is 26.5 Å². The van der Waals surface area contributed by atoms with Gasteiger partial charge in [0.05, 0.1) is 28.1 Å². The van der Waals surface area contributed by atoms with Crippen molar-refractivity contribution < 1.29 is 28.9 Å². The van der Waals surface area contributed by atoms with E-state index in [0.717, 1.165) is 100 Å². The number of hydrogen-bond acceptors (Lipinski definition) is 4. The van der Waals surface area contributed by atoms with Crippen molar-refractivity contribution in [2.75, 3.05) is 0 Å². The monoisotopic (exact) mass is 1020 g/mol. The molecule has 0 aliphatic heterocycles. The van der Waals surface area contributed by atoms with E-state index in [0.29, 0.717) is 5.92 Å². The van der Waals surface area contributed by atoms with Gasteiger partial charge in [0.15, 0.2) is 5.58 Å². The molecule has 7 heteroatoms. The molecule has 0 unspecified atom stereocenters. The topological polar surface area (TPSA) is 57.0 Å². The third-order valence-corrected chi connectivity index (χ3v) is 15.5. The van der Waals surface area contributed by atoms with Gasteiger partial charge < -0.3 is 13.4 Å². The summed E-state index contributed by atoms with van der Waals surface area (Å²) in [6.45, 7) is 4.57. The average Bonchev–Trinajstić information content (AvgIpc) is 3.94. The molecule has 5 nitrogen and oxygen atoms in total. The van der Waals surface area contributed by atoms with Crippen LogP contribution in [0.2, 0.25) is 17.3 Å². The first-order chi connectivity index (χ1) is 28.7. The summed E-state index contributed by atoms with van der Waals surface area (Å²) in [5, 5.41) is 6.59. The Balaban J connectivity index is 0.000000188. The average molecular weight is 1020 g/mol. The van der Waals surface area contributed by atoms with Crippen LogP contribution >= 0.6 is 0 Å². The number of aromatic nitrogens is 3. The summed E-state index contributed by atoms with van der Waals surface area (Å²) in [7, 11) is 0. The van der Waals surface area contributed by atoms with E-state index >= 15 is 0 Å². The van der Waals surface area contributed by atoms with Crippen molar-refractivity contribution in [2.45, 2.75) is 37.5 Å². The van der Waals surface area contributed by atoms with E-state index in [2.05, 4.69) is 139 Å². The minimum absolute atomic E-state index is 0. The van der Waals surface area contributed by atoms with Gasteiger partial charge in [0, 0.05) is 36.3 Å². The molecule has 7 aromatic carbocycles. The quantitative estimate of drug-likeness (QED) is 0.123. The van der Waals surface area contributed by atoms with E-state index in [9.17, 15) is 0 Å². The molecule has 11 aromatic rings. The zero-order valence-electron chi connectivity index (χ0n) is 34.2. The molecule has 60 heavy (non-hydrogen) atoms. The van der Waals surface area contributed by atoms with Crippen molar-refractivity contribution in [3.63, 3.8) is 0 Å². The summed E-state index contributed by atoms with van der Waals surface area (Å²) in [5.41, 5.74) is 10.6. The number of para-hydroxylation sites is 3. The van der Waals surface area contributed by atoms with E-state index in [1.807, 2.05) is 60.7 Å². The number of imidazole rings is 1. The van der Waals surface area contributed by atoms with E-state index in [1.165, 1.54) is 5.56 Å². The standard InChI is InChI=1S/C35H19N2O2.C18H24GeN.Ir/c1-2-10-22-20-30-28(19-21(22)9-1)36-35(27-15-7-13-25-23-11-3-5-17-31(23)38-33(25)27)37(30)29-16-8-14-26-24-12-4-6-18-32(24)39-34(26)29;1-14(2)11-16-12-18(15-9-7-6-8-10-15)20-13-17(16)19(3,4)5;/h1-14,16-20H;6-9,12-14H,11H2,1-5H3;/q2*-1;. The Bertz CT molecular complexity index is 3340. The fourth-order valence-corrected chi connectivity index (χ4v) is 11.8. The molecule has 11 rings (SSSR count). The number of pyridine rings is 1. The second-order valence-electron chi connectivity index (χ2n) is 16.8. The molecule has 0 saturated heterocycles. The molecule has 0 saturated carbocycles. The Labute approximate surface area is 365 Å². The van der Waals surface area contributed by atoms with Crippen molar-refractivity contribution in [2.24, 2.45) is 5.92 Å². The SMILES string of the molecule is CC(C)Cc1cc(-c2[c-]cccc2)nc[c]1[Ge]([CH3])([CH3])[CH3].[Ir].[c-]1ccc2c(oc3ccccc32)c1-c1nc2cc3ccccc3cc2n1-c1cccc2c1oc1ccccc12. The Hall–Kier alpha value is -5.79. The Morgan fingerprint density at radius 2 is 1.30 bits per heavy atom. The van der Waals surface area contributed by atoms with Gasteiger partial charge in [-0.1, -0.05) is 83.7 Å². The Morgan fingerprint density at radius 1 is 0.650 bits per heavy atom. The van der Waals surface area contributed by atoms with Crippen LogP contribution in [0.4, 0.5) is 0 Å². The fourth-order valence-electron chi connectivity index (χ4n) is 8.42. The predicted octanol–water partition coefficient (Wildman–Crippen LogP) is 13.7. The van der Waals surface area contributed by atoms with Crippen LogP contribution < -0.4 is 4.40 Å². The Morgan fingerprint density at radius 3 is 2.00 bits per heavy atom. The summed E-state index contributed by atoms with van der Waals surface area (Å²) in [5.74, 6) is 8.76. The number of hydrogen-bond donors (Lipinski definition) is 0. The van der Waals surface area contributed by atoms with E-state index in [1.54, 1.807) is 4.40 Å². The number of nitrogens with zero attached hydrogens (tertiary/aromatic N) is 3. The number of fused-ring (bicyclic) bond motifs is 8. The molecule has 0 spiro atoms. The molecular formula is C53H43GeIrN3O2-2. The second kappa shape index (κ2) is 16.0. The van der Waals surface area contributed by atoms with Crippen LogP contribution in [0.1, 0.15) is 19.4 Å². The van der Waals surface area contributed by atoms with Gasteiger partial charge in [-0.2, -0.15) is 0 Å². The van der Waals surface area contributed by atoms with Crippen LogP contribution in [0.25, 0.3) is 94.0 Å². The summed E-state index contributed by atoms with van der Waals surface area (Å²) in [6, 6.07) is 56.5. The molecule has 1 radical (unpaired) electrons. The number of rotatable bonds is 6. The van der Waals surface area contributed by atoms with Crippen LogP contribution in [0, 0.1) is 18.1 Å². The van der Waals surface area contributed by atoms with Crippen LogP contribution in [-0.4, -0.2) is 27.8 Å². The van der Waals surface area contributed by atoms with Gasteiger partial charge >= 0.3 is 126 Å². The van der Waals surface area contributed by atoms with Crippen LogP contribution in [0.3, 0.4) is 0 Å². The first kappa shape index (κ1) is 39.7. The zero-order chi connectivity index (χ0) is 40.3. The van der Waals surface area contributed by atoms with Gasteiger partial charge in [-0.15, -0.1) is 18.2 Å². The van der Waals surface area contributed by atoms with Crippen LogP contribution in [0.15, 0.2) is 161 Å². The molecule has 0 bridgehead atoms. The molecule has 0 aliphatic rings. The molecular weight excluding hydrogens is 975 g/mol. The second-order valence-corrected chi connectivity index (χ2v) is 27.3. The largest absolute Gasteiger partial charge is 0.501 e. The van der Waals surface area contributed by atoms with Gasteiger partial charge in [0.2, 0.25) is 0 Å². The van der Waals surface area contributed by atoms with Crippen molar-refractivity contribution in [1.82, 2.24) is 14.5 Å². The van der Waals surface area contributed by atoms with Crippen molar-refractivity contribution in [3.05, 3.63) is 169 Å². The first-order valence-electron chi connectivity index (χ1n) is 20.3. The van der Waals surface area contributed by atoms with Gasteiger partial charge in [-0.3, -0.25) is 4.98 Å². The van der Waals surface area contributed by atoms with E-state index in [-0.39, 0.29) is 20.1 Å². The maximum absolute atomic E-state index is 6.49. The minimum atomic E-state index is -1.86. The number of furan rings is 2. The molecule has 297 valence electrons. The molecule has 0 N–H and O–H groups in total. The normalized spacial score (nSPS) is 11.8. The first-order valence-corrected chi connectivity index (χ1v) is 27.7. The molecule has 0 fully saturated rings. The van der Waals surface area contributed by atoms with Crippen molar-refractivity contribution >= 4 is 83.3 Å². The van der Waals surface area contributed by atoms with Gasteiger partial charge in [0.25, 0.3) is 0 Å². The maximum Gasteiger partial charge on any atom is 0.158 e. The fraction of sp³-hybridized carbons (Fsp3) is 0.132. The smallest absolute Gasteiger partial charge is 0.158 e. The van der Waals surface area contributed by atoms with Crippen molar-refractivity contribution in [3.8, 4) is 28.3 Å². The van der Waals surface area contributed by atoms with E-state index < -0.39 is 13.3 Å². The van der Waals surface area contributed by atoms with Crippen LogP contribution in [0.5, 0.6) is 0 Å². The summed E-state index contributed by atoms with van der Waals surface area (Å²) in [6.07, 6.45) is 3.27. The maximum atomic E-state index is 6.49. The molecule has 0 aliphatic carbocycles. The Kier molecular flexibility index (Phi) is 10.6. The third kappa shape index (κ3) is 7.17. The molecule has 4 aromatic heterocycles. The third-order valence-electron chi connectivity index (χ3n) is 11.1. The zero-order valence-corrected chi connectivity index (χ0v) is 38.7. The molecule has 0 amide bonds.